The normalized spacial score (nSPS) is 21.7. The molecule has 0 saturated heterocycles. The molecular weight excluding hydrogens is 244 g/mol. The minimum absolute atomic E-state index is 0.288. The molecule has 0 aliphatic carbocycles. The zero-order valence-corrected chi connectivity index (χ0v) is 11.1. The second-order valence-electron chi connectivity index (χ2n) is 4.93. The van der Waals surface area contributed by atoms with E-state index in [-0.39, 0.29) is 6.54 Å². The van der Waals surface area contributed by atoms with Crippen LogP contribution in [-0.4, -0.2) is 29.9 Å². The number of hydrogen-bond donors (Lipinski definition) is 2. The summed E-state index contributed by atoms with van der Waals surface area (Å²) >= 11 is 0. The van der Waals surface area contributed by atoms with E-state index in [4.69, 9.17) is 10.5 Å². The summed E-state index contributed by atoms with van der Waals surface area (Å²) in [5, 5.41) is 9.37. The average molecular weight is 264 g/mol. The predicted molar refractivity (Wildman–Crippen MR) is 73.8 cm³/mol. The van der Waals surface area contributed by atoms with Gasteiger partial charge in [0, 0.05) is 6.54 Å². The highest BCUT2D eigenvalue weighted by molar-refractivity contribution is 5.89. The Kier molecular flexibility index (Phi) is 3.95. The van der Waals surface area contributed by atoms with Crippen LogP contribution in [0.2, 0.25) is 0 Å². The lowest BCUT2D eigenvalue weighted by Gasteiger charge is -2.42. The molecule has 104 valence electrons. The summed E-state index contributed by atoms with van der Waals surface area (Å²) in [7, 11) is 0. The highest BCUT2D eigenvalue weighted by atomic mass is 16.5. The summed E-state index contributed by atoms with van der Waals surface area (Å²) in [6.45, 7) is 2.69. The van der Waals surface area contributed by atoms with Crippen LogP contribution in [0.3, 0.4) is 0 Å². The fourth-order valence-corrected chi connectivity index (χ4v) is 2.41. The van der Waals surface area contributed by atoms with Gasteiger partial charge in [-0.15, -0.1) is 0 Å². The van der Waals surface area contributed by atoms with Crippen LogP contribution < -0.4 is 15.4 Å². The van der Waals surface area contributed by atoms with Gasteiger partial charge in [0.1, 0.15) is 11.4 Å². The van der Waals surface area contributed by atoms with Crippen LogP contribution in [0.5, 0.6) is 5.75 Å². The first kappa shape index (κ1) is 13.7. The Labute approximate surface area is 113 Å². The van der Waals surface area contributed by atoms with Crippen molar-refractivity contribution in [3.63, 3.8) is 0 Å². The molecule has 1 aliphatic rings. The number of para-hydroxylation sites is 2. The van der Waals surface area contributed by atoms with Crippen molar-refractivity contribution in [2.75, 3.05) is 18.0 Å². The van der Waals surface area contributed by atoms with E-state index < -0.39 is 11.7 Å². The minimum Gasteiger partial charge on any atom is -0.482 e. The van der Waals surface area contributed by atoms with Crippen molar-refractivity contribution < 1.29 is 14.6 Å². The van der Waals surface area contributed by atoms with Gasteiger partial charge in [-0.05, 0) is 25.0 Å². The molecule has 0 aromatic heterocycles. The number of nitrogens with zero attached hydrogens (tertiary/aromatic N) is 1. The summed E-state index contributed by atoms with van der Waals surface area (Å²) in [6, 6.07) is 7.19. The summed E-state index contributed by atoms with van der Waals surface area (Å²) in [5.41, 5.74) is 5.84. The quantitative estimate of drug-likeness (QED) is 0.875. The van der Waals surface area contributed by atoms with Gasteiger partial charge >= 0.3 is 6.09 Å². The molecule has 0 bridgehead atoms. The lowest BCUT2D eigenvalue weighted by Crippen LogP contribution is -2.56. The maximum absolute atomic E-state index is 11.4. The molecule has 19 heavy (non-hydrogen) atoms. The molecule has 5 heteroatoms. The molecule has 0 fully saturated rings. The van der Waals surface area contributed by atoms with Crippen LogP contribution in [0.1, 0.15) is 26.2 Å². The van der Waals surface area contributed by atoms with Crippen molar-refractivity contribution in [3.05, 3.63) is 24.3 Å². The number of nitrogens with two attached hydrogens (primary N) is 1. The molecular formula is C14H20N2O3. The third kappa shape index (κ3) is 2.66. The number of benzene rings is 1. The van der Waals surface area contributed by atoms with Crippen molar-refractivity contribution in [2.45, 2.75) is 31.8 Å². The van der Waals surface area contributed by atoms with Gasteiger partial charge in [0.2, 0.25) is 0 Å². The minimum atomic E-state index is -0.968. The fraction of sp³-hybridized carbons (Fsp3) is 0.500. The van der Waals surface area contributed by atoms with Gasteiger partial charge in [-0.1, -0.05) is 25.5 Å². The van der Waals surface area contributed by atoms with E-state index in [1.165, 1.54) is 4.90 Å². The Balaban J connectivity index is 2.35. The number of carbonyl (C=O) groups is 1. The Bertz CT molecular complexity index is 464. The monoisotopic (exact) mass is 264 g/mol. The first-order chi connectivity index (χ1) is 9.12. The smallest absolute Gasteiger partial charge is 0.412 e. The molecule has 2 rings (SSSR count). The number of carboxylic acid groups (broad SMARTS) is 1. The van der Waals surface area contributed by atoms with Crippen LogP contribution in [0.4, 0.5) is 10.5 Å². The maximum atomic E-state index is 11.4. The lowest BCUT2D eigenvalue weighted by molar-refractivity contribution is 0.0621. The largest absolute Gasteiger partial charge is 0.482 e. The van der Waals surface area contributed by atoms with Gasteiger partial charge in [0.15, 0.2) is 0 Å². The van der Waals surface area contributed by atoms with Crippen LogP contribution in [-0.2, 0) is 0 Å². The van der Waals surface area contributed by atoms with Gasteiger partial charge in [-0.25, -0.2) is 4.79 Å². The predicted octanol–water partition coefficient (Wildman–Crippen LogP) is 2.45. The molecule has 1 aliphatic heterocycles. The number of anilines is 1. The van der Waals surface area contributed by atoms with Gasteiger partial charge < -0.3 is 15.6 Å². The van der Waals surface area contributed by atoms with Crippen molar-refractivity contribution in [3.8, 4) is 5.75 Å². The zero-order chi connectivity index (χ0) is 13.9. The molecule has 1 aromatic rings. The van der Waals surface area contributed by atoms with Crippen molar-refractivity contribution in [2.24, 2.45) is 5.73 Å². The highest BCUT2D eigenvalue weighted by Crippen LogP contribution is 2.38. The summed E-state index contributed by atoms with van der Waals surface area (Å²) in [5.74, 6) is 0.595. The molecule has 1 atom stereocenters. The van der Waals surface area contributed by atoms with E-state index in [2.05, 4.69) is 6.92 Å². The molecule has 1 heterocycles. The van der Waals surface area contributed by atoms with Gasteiger partial charge in [-0.2, -0.15) is 0 Å². The highest BCUT2D eigenvalue weighted by Gasteiger charge is 2.40. The Morgan fingerprint density at radius 3 is 2.89 bits per heavy atom. The molecule has 1 unspecified atom stereocenters. The number of fused-ring (bicyclic) bond motifs is 1. The average Bonchev–Trinajstić information content (AvgIpc) is 2.44. The standard InChI is InChI=1S/C14H20N2O3/c1-2-3-8-14(9-15)10-16(13(17)18)11-6-4-5-7-12(11)19-14/h4-7H,2-3,8-10,15H2,1H3,(H,17,18). The molecule has 5 nitrogen and oxygen atoms in total. The third-order valence-corrected chi connectivity index (χ3v) is 3.52. The van der Waals surface area contributed by atoms with E-state index in [0.29, 0.717) is 18.0 Å². The molecule has 0 spiro atoms. The van der Waals surface area contributed by atoms with Crippen LogP contribution in [0.25, 0.3) is 0 Å². The first-order valence-electron chi connectivity index (χ1n) is 6.60. The van der Waals surface area contributed by atoms with Gasteiger partial charge in [0.25, 0.3) is 0 Å². The van der Waals surface area contributed by atoms with Crippen molar-refractivity contribution >= 4 is 11.8 Å². The van der Waals surface area contributed by atoms with E-state index >= 15 is 0 Å². The molecule has 0 radical (unpaired) electrons. The maximum Gasteiger partial charge on any atom is 0.412 e. The van der Waals surface area contributed by atoms with Crippen molar-refractivity contribution in [1.82, 2.24) is 0 Å². The Morgan fingerprint density at radius 1 is 1.53 bits per heavy atom. The summed E-state index contributed by atoms with van der Waals surface area (Å²) < 4.78 is 6.02. The van der Waals surface area contributed by atoms with Gasteiger partial charge in [-0.3, -0.25) is 4.90 Å². The first-order valence-corrected chi connectivity index (χ1v) is 6.60. The van der Waals surface area contributed by atoms with Crippen LogP contribution in [0.15, 0.2) is 24.3 Å². The third-order valence-electron chi connectivity index (χ3n) is 3.52. The fourth-order valence-electron chi connectivity index (χ4n) is 2.41. The second kappa shape index (κ2) is 5.48. The van der Waals surface area contributed by atoms with Gasteiger partial charge in [0.05, 0.1) is 12.2 Å². The van der Waals surface area contributed by atoms with E-state index in [9.17, 15) is 9.90 Å². The van der Waals surface area contributed by atoms with E-state index in [1.807, 2.05) is 6.07 Å². The number of unbranched alkanes of at least 4 members (excludes halogenated alkanes) is 1. The SMILES string of the molecule is CCCCC1(CN)CN(C(=O)O)c2ccccc2O1. The second-order valence-corrected chi connectivity index (χ2v) is 4.93. The number of hydrogen-bond acceptors (Lipinski definition) is 3. The topological polar surface area (TPSA) is 75.8 Å². The molecule has 1 amide bonds. The number of rotatable bonds is 4. The Morgan fingerprint density at radius 2 is 2.26 bits per heavy atom. The lowest BCUT2D eigenvalue weighted by atomic mass is 9.93. The van der Waals surface area contributed by atoms with E-state index in [1.54, 1.807) is 18.2 Å². The summed E-state index contributed by atoms with van der Waals surface area (Å²) in [4.78, 5) is 12.8. The number of ether oxygens (including phenoxy) is 1. The molecule has 3 N–H and O–H groups in total. The Hall–Kier alpha value is -1.75. The van der Waals surface area contributed by atoms with Crippen LogP contribution in [0, 0.1) is 0 Å². The zero-order valence-electron chi connectivity index (χ0n) is 11.1. The number of amides is 1. The van der Waals surface area contributed by atoms with E-state index in [0.717, 1.165) is 19.3 Å². The molecule has 0 saturated carbocycles. The van der Waals surface area contributed by atoms with Crippen molar-refractivity contribution in [1.29, 1.82) is 0 Å². The summed E-state index contributed by atoms with van der Waals surface area (Å²) in [6.07, 6.45) is 1.79. The van der Waals surface area contributed by atoms with Crippen LogP contribution >= 0.6 is 0 Å². The molecule has 1 aromatic carbocycles.